The molecule has 6 aliphatic heterocycles. The number of aromatic nitrogens is 3. The zero-order chi connectivity index (χ0) is 48.0. The molecule has 69 heavy (non-hydrogen) atoms. The molecule has 2 bridgehead atoms. The Morgan fingerprint density at radius 3 is 2.46 bits per heavy atom. The molecule has 4 unspecified atom stereocenters. The van der Waals surface area contributed by atoms with E-state index in [0.29, 0.717) is 62.1 Å². The normalized spacial score (nSPS) is 23.7. The Bertz CT molecular complexity index is 2880. The highest BCUT2D eigenvalue weighted by Crippen LogP contribution is 2.45. The third kappa shape index (κ3) is 8.97. The van der Waals surface area contributed by atoms with E-state index in [1.54, 1.807) is 4.90 Å². The lowest BCUT2D eigenvalue weighted by Crippen LogP contribution is -2.51. The van der Waals surface area contributed by atoms with Gasteiger partial charge in [-0.3, -0.25) is 29.7 Å². The molecular weight excluding hydrogens is 887 g/mol. The Hall–Kier alpha value is -6.94. The van der Waals surface area contributed by atoms with Crippen LogP contribution in [0, 0.1) is 24.0 Å². The van der Waals surface area contributed by atoms with Crippen molar-refractivity contribution in [1.29, 1.82) is 0 Å². The number of pyridine rings is 1. The van der Waals surface area contributed by atoms with E-state index in [0.717, 1.165) is 63.1 Å². The Balaban J connectivity index is 0.000000220. The fraction of sp³-hybridized carbons (Fsp3) is 0.412. The zero-order valence-corrected chi connectivity index (χ0v) is 38.4. The summed E-state index contributed by atoms with van der Waals surface area (Å²) in [5.74, 6) is 1.15. The van der Waals surface area contributed by atoms with E-state index in [2.05, 4.69) is 59.7 Å². The van der Waals surface area contributed by atoms with Gasteiger partial charge in [-0.15, -0.1) is 6.42 Å². The number of anilines is 3. The maximum Gasteiger partial charge on any atom is 0.328 e. The van der Waals surface area contributed by atoms with Gasteiger partial charge in [0, 0.05) is 105 Å². The second-order valence-electron chi connectivity index (χ2n) is 19.0. The standard InChI is InChI=1S/C36H34F2N6O4.C15H20N4O2/c1-3-26-29(37)7-4-21-10-25(46)11-27(30(21)26)32-31(38)33-28(13-39-32)34(43-15-22-5-6-23(16-43)40-22)42-35(41-33)48-18-36-9-8-24(17-47-19-45)44(36)14-20(2)12-36;1-17-8-10-18(11-9-17)12-2-4-13(5-3-12)19-7-6-14(20)16-15(19)21/h1,4,7,10-11,13,19,22-24,40,46H,2,5-6,8-9,12,14-18H2;2-5H,6-11H2,1H3,(H,16,20,21). The summed E-state index contributed by atoms with van der Waals surface area (Å²) in [6.45, 7) is 11.9. The largest absolute Gasteiger partial charge is 0.508 e. The highest BCUT2D eigenvalue weighted by Gasteiger charge is 2.51. The first-order valence-corrected chi connectivity index (χ1v) is 23.5. The Morgan fingerprint density at radius 2 is 1.74 bits per heavy atom. The van der Waals surface area contributed by atoms with Gasteiger partial charge >= 0.3 is 12.0 Å². The van der Waals surface area contributed by atoms with Crippen molar-refractivity contribution < 1.29 is 37.7 Å². The number of hydrogen-bond donors (Lipinski definition) is 3. The number of nitrogens with zero attached hydrogens (tertiary/aromatic N) is 8. The summed E-state index contributed by atoms with van der Waals surface area (Å²) in [5.41, 5.74) is 2.66. The number of ether oxygens (including phenoxy) is 2. The maximum absolute atomic E-state index is 16.9. The SMILES string of the molecule is C#Cc1c(F)ccc2cc(O)cc(-c3ncc4c(N5CC6CCC(C5)N6)nc(OCC56CCC(COC=O)N5CC(=C)C6)nc4c3F)c12.CN1CCN(c2ccc(N3CCC(=O)NC3=O)cc2)CC1. The number of phenolic OH excluding ortho intramolecular Hbond substituents is 1. The minimum atomic E-state index is -0.765. The molecule has 0 radical (unpaired) electrons. The van der Waals surface area contributed by atoms with E-state index in [-0.39, 0.29) is 88.3 Å². The molecule has 5 aromatic rings. The van der Waals surface area contributed by atoms with Gasteiger partial charge in [-0.1, -0.05) is 24.1 Å². The van der Waals surface area contributed by atoms with Gasteiger partial charge in [-0.25, -0.2) is 13.6 Å². The van der Waals surface area contributed by atoms with Crippen molar-refractivity contribution in [3.8, 4) is 35.4 Å². The third-order valence-corrected chi connectivity index (χ3v) is 14.5. The number of imide groups is 1. The van der Waals surface area contributed by atoms with Crippen molar-refractivity contribution in [1.82, 2.24) is 35.4 Å². The molecule has 4 atom stereocenters. The fourth-order valence-electron chi connectivity index (χ4n) is 11.1. The lowest BCUT2D eigenvalue weighted by atomic mass is 9.94. The Kier molecular flexibility index (Phi) is 12.5. The number of nitrogens with one attached hydrogen (secondary N) is 2. The first-order chi connectivity index (χ1) is 33.4. The second kappa shape index (κ2) is 18.9. The number of halogens is 2. The number of fused-ring (bicyclic) bond motifs is 5. The maximum atomic E-state index is 16.9. The molecule has 6 saturated heterocycles. The Labute approximate surface area is 398 Å². The van der Waals surface area contributed by atoms with E-state index in [9.17, 15) is 23.9 Å². The summed E-state index contributed by atoms with van der Waals surface area (Å²) in [6.07, 6.45) is 12.0. The van der Waals surface area contributed by atoms with Gasteiger partial charge < -0.3 is 34.6 Å². The molecule has 3 amide bonds. The molecule has 2 aromatic heterocycles. The summed E-state index contributed by atoms with van der Waals surface area (Å²) in [6, 6.07) is 13.8. The van der Waals surface area contributed by atoms with Crippen LogP contribution in [0.15, 0.2) is 66.9 Å². The lowest BCUT2D eigenvalue weighted by Gasteiger charge is -2.35. The van der Waals surface area contributed by atoms with Crippen molar-refractivity contribution >= 4 is 57.3 Å². The average molecular weight is 941 g/mol. The van der Waals surface area contributed by atoms with Crippen molar-refractivity contribution in [3.63, 3.8) is 0 Å². The van der Waals surface area contributed by atoms with E-state index < -0.39 is 11.6 Å². The number of urea groups is 1. The van der Waals surface area contributed by atoms with Crippen LogP contribution in [0.25, 0.3) is 32.9 Å². The molecule has 0 spiro atoms. The van der Waals surface area contributed by atoms with Gasteiger partial charge in [-0.2, -0.15) is 9.97 Å². The van der Waals surface area contributed by atoms with E-state index in [1.807, 2.05) is 24.3 Å². The highest BCUT2D eigenvalue weighted by atomic mass is 19.1. The smallest absolute Gasteiger partial charge is 0.328 e. The summed E-state index contributed by atoms with van der Waals surface area (Å²) in [4.78, 5) is 58.6. The fourth-order valence-corrected chi connectivity index (χ4v) is 11.1. The van der Waals surface area contributed by atoms with Crippen LogP contribution < -0.4 is 30.1 Å². The minimum absolute atomic E-state index is 0.00472. The van der Waals surface area contributed by atoms with Crippen molar-refractivity contribution in [2.75, 3.05) is 87.3 Å². The first kappa shape index (κ1) is 45.8. The molecule has 18 heteroatoms. The van der Waals surface area contributed by atoms with Gasteiger partial charge in [0.05, 0.1) is 16.5 Å². The average Bonchev–Trinajstić information content (AvgIpc) is 3.98. The van der Waals surface area contributed by atoms with Crippen LogP contribution >= 0.6 is 0 Å². The van der Waals surface area contributed by atoms with Crippen LogP contribution in [0.5, 0.6) is 11.8 Å². The molecule has 3 N–H and O–H groups in total. The number of piperazine rings is 2. The molecule has 11 rings (SSSR count). The van der Waals surface area contributed by atoms with E-state index in [4.69, 9.17) is 20.9 Å². The number of aromatic hydroxyl groups is 1. The van der Waals surface area contributed by atoms with Gasteiger partial charge in [0.2, 0.25) is 5.91 Å². The van der Waals surface area contributed by atoms with Gasteiger partial charge in [0.1, 0.15) is 41.8 Å². The van der Waals surface area contributed by atoms with Crippen LogP contribution in [0.3, 0.4) is 0 Å². The topological polar surface area (TPSA) is 169 Å². The number of carbonyl (C=O) groups is 3. The number of terminal acetylenes is 1. The van der Waals surface area contributed by atoms with Gasteiger partial charge in [0.15, 0.2) is 5.82 Å². The summed E-state index contributed by atoms with van der Waals surface area (Å²) < 4.78 is 43.3. The summed E-state index contributed by atoms with van der Waals surface area (Å²) in [5, 5.41) is 17.7. The molecule has 3 aromatic carbocycles. The van der Waals surface area contributed by atoms with Crippen LogP contribution in [0.2, 0.25) is 0 Å². The van der Waals surface area contributed by atoms with Crippen LogP contribution in [0.1, 0.15) is 44.1 Å². The van der Waals surface area contributed by atoms with Crippen molar-refractivity contribution in [2.45, 2.75) is 62.2 Å². The first-order valence-electron chi connectivity index (χ1n) is 23.5. The number of rotatable bonds is 10. The van der Waals surface area contributed by atoms with Crippen molar-refractivity contribution in [2.24, 2.45) is 0 Å². The van der Waals surface area contributed by atoms with Crippen LogP contribution in [-0.4, -0.2) is 145 Å². The molecule has 0 aliphatic carbocycles. The molecule has 0 saturated carbocycles. The van der Waals surface area contributed by atoms with Crippen molar-refractivity contribution in [3.05, 3.63) is 84.1 Å². The molecule has 6 fully saturated rings. The number of benzene rings is 3. The third-order valence-electron chi connectivity index (χ3n) is 14.5. The number of hydrogen-bond acceptors (Lipinski definition) is 14. The van der Waals surface area contributed by atoms with E-state index >= 15 is 4.39 Å². The predicted molar refractivity (Wildman–Crippen MR) is 257 cm³/mol. The van der Waals surface area contributed by atoms with E-state index in [1.165, 1.54) is 36.1 Å². The Morgan fingerprint density at radius 1 is 0.986 bits per heavy atom. The van der Waals surface area contributed by atoms with Crippen LogP contribution in [0.4, 0.5) is 30.8 Å². The van der Waals surface area contributed by atoms with Gasteiger partial charge in [0.25, 0.3) is 6.47 Å². The molecular formula is C51H54F2N10O6. The molecule has 8 heterocycles. The second-order valence-corrected chi connectivity index (χ2v) is 19.0. The lowest BCUT2D eigenvalue weighted by molar-refractivity contribution is -0.130. The van der Waals surface area contributed by atoms with Crippen LogP contribution in [-0.2, 0) is 14.3 Å². The molecule has 6 aliphatic rings. The molecule has 16 nitrogen and oxygen atoms in total. The quantitative estimate of drug-likeness (QED) is 0.0931. The number of likely N-dealkylation sites (N-methyl/N-ethyl adjacent to an activating group) is 1. The number of carbonyl (C=O) groups excluding carboxylic acids is 3. The monoisotopic (exact) mass is 940 g/mol. The summed E-state index contributed by atoms with van der Waals surface area (Å²) in [7, 11) is 2.14. The highest BCUT2D eigenvalue weighted by molar-refractivity contribution is 6.06. The zero-order valence-electron chi connectivity index (χ0n) is 38.4. The predicted octanol–water partition coefficient (Wildman–Crippen LogP) is 5.35. The number of amides is 3. The number of phenols is 1. The summed E-state index contributed by atoms with van der Waals surface area (Å²) >= 11 is 0. The minimum Gasteiger partial charge on any atom is -0.508 e. The van der Waals surface area contributed by atoms with Gasteiger partial charge in [-0.05, 0) is 87.0 Å². The molecule has 358 valence electrons.